The van der Waals surface area contributed by atoms with Crippen LogP contribution in [0.2, 0.25) is 0 Å². The quantitative estimate of drug-likeness (QED) is 0.860. The SMILES string of the molecule is CC(C)(C)NCc1nnc(-c2ccoc2)o1. The number of aromatic nitrogens is 2. The van der Waals surface area contributed by atoms with Crippen molar-refractivity contribution in [3.63, 3.8) is 0 Å². The zero-order valence-corrected chi connectivity index (χ0v) is 9.65. The van der Waals surface area contributed by atoms with E-state index in [4.69, 9.17) is 8.83 Å². The molecule has 2 aromatic rings. The second-order valence-corrected chi connectivity index (χ2v) is 4.62. The van der Waals surface area contributed by atoms with Crippen LogP contribution in [0.4, 0.5) is 0 Å². The summed E-state index contributed by atoms with van der Waals surface area (Å²) in [5, 5.41) is 11.2. The highest BCUT2D eigenvalue weighted by molar-refractivity contribution is 5.49. The number of hydrogen-bond donors (Lipinski definition) is 1. The van der Waals surface area contributed by atoms with Crippen molar-refractivity contribution < 1.29 is 8.83 Å². The van der Waals surface area contributed by atoms with Gasteiger partial charge in [-0.1, -0.05) is 0 Å². The zero-order chi connectivity index (χ0) is 11.6. The molecular formula is C11H15N3O2. The first-order valence-corrected chi connectivity index (χ1v) is 5.14. The van der Waals surface area contributed by atoms with E-state index in [0.29, 0.717) is 18.3 Å². The predicted molar refractivity (Wildman–Crippen MR) is 58.6 cm³/mol. The topological polar surface area (TPSA) is 64.1 Å². The first-order chi connectivity index (χ1) is 7.54. The smallest absolute Gasteiger partial charge is 0.251 e. The monoisotopic (exact) mass is 221 g/mol. The minimum atomic E-state index is 0.0320. The molecule has 86 valence electrons. The highest BCUT2D eigenvalue weighted by Crippen LogP contribution is 2.17. The Morgan fingerprint density at radius 2 is 2.12 bits per heavy atom. The minimum Gasteiger partial charge on any atom is -0.472 e. The van der Waals surface area contributed by atoms with Crippen LogP contribution in [-0.2, 0) is 6.54 Å². The van der Waals surface area contributed by atoms with Crippen molar-refractivity contribution in [1.29, 1.82) is 0 Å². The molecule has 0 bridgehead atoms. The summed E-state index contributed by atoms with van der Waals surface area (Å²) in [6.45, 7) is 6.81. The minimum absolute atomic E-state index is 0.0320. The van der Waals surface area contributed by atoms with Crippen molar-refractivity contribution in [1.82, 2.24) is 15.5 Å². The van der Waals surface area contributed by atoms with E-state index in [1.807, 2.05) is 0 Å². The first kappa shape index (κ1) is 10.9. The summed E-state index contributed by atoms with van der Waals surface area (Å²) in [6, 6.07) is 1.79. The maximum absolute atomic E-state index is 5.48. The average Bonchev–Trinajstić information content (AvgIpc) is 2.84. The van der Waals surface area contributed by atoms with Gasteiger partial charge in [-0.3, -0.25) is 0 Å². The molecule has 5 heteroatoms. The summed E-state index contributed by atoms with van der Waals surface area (Å²) < 4.78 is 10.4. The molecule has 0 atom stereocenters. The lowest BCUT2D eigenvalue weighted by Gasteiger charge is -2.18. The molecule has 1 N–H and O–H groups in total. The fourth-order valence-electron chi connectivity index (χ4n) is 1.17. The van der Waals surface area contributed by atoms with E-state index in [9.17, 15) is 0 Å². The van der Waals surface area contributed by atoms with Gasteiger partial charge in [0.05, 0.1) is 18.4 Å². The van der Waals surface area contributed by atoms with E-state index < -0.39 is 0 Å². The van der Waals surface area contributed by atoms with Crippen LogP contribution < -0.4 is 5.32 Å². The van der Waals surface area contributed by atoms with Gasteiger partial charge in [0, 0.05) is 5.54 Å². The Labute approximate surface area is 93.9 Å². The Bertz CT molecular complexity index is 440. The van der Waals surface area contributed by atoms with E-state index in [2.05, 4.69) is 36.3 Å². The van der Waals surface area contributed by atoms with E-state index >= 15 is 0 Å². The van der Waals surface area contributed by atoms with Gasteiger partial charge in [-0.2, -0.15) is 0 Å². The first-order valence-electron chi connectivity index (χ1n) is 5.14. The highest BCUT2D eigenvalue weighted by Gasteiger charge is 2.13. The summed E-state index contributed by atoms with van der Waals surface area (Å²) in [5.74, 6) is 1.06. The third-order valence-electron chi connectivity index (χ3n) is 2.00. The molecule has 5 nitrogen and oxygen atoms in total. The molecule has 0 aromatic carbocycles. The van der Waals surface area contributed by atoms with Gasteiger partial charge < -0.3 is 14.2 Å². The van der Waals surface area contributed by atoms with E-state index in [1.165, 1.54) is 0 Å². The maximum Gasteiger partial charge on any atom is 0.251 e. The largest absolute Gasteiger partial charge is 0.472 e. The van der Waals surface area contributed by atoms with Crippen LogP contribution in [0, 0.1) is 0 Å². The summed E-state index contributed by atoms with van der Waals surface area (Å²) >= 11 is 0. The Morgan fingerprint density at radius 3 is 2.75 bits per heavy atom. The number of hydrogen-bond acceptors (Lipinski definition) is 5. The molecule has 0 aliphatic carbocycles. The number of furan rings is 1. The standard InChI is InChI=1S/C11H15N3O2/c1-11(2,3)12-6-9-13-14-10(16-9)8-4-5-15-7-8/h4-5,7,12H,6H2,1-3H3. The van der Waals surface area contributed by atoms with Crippen LogP contribution >= 0.6 is 0 Å². The van der Waals surface area contributed by atoms with Gasteiger partial charge in [-0.25, -0.2) is 0 Å². The van der Waals surface area contributed by atoms with Gasteiger partial charge in [-0.05, 0) is 26.8 Å². The van der Waals surface area contributed by atoms with Crippen LogP contribution in [0.1, 0.15) is 26.7 Å². The fourth-order valence-corrected chi connectivity index (χ4v) is 1.17. The maximum atomic E-state index is 5.48. The van der Waals surface area contributed by atoms with Crippen molar-refractivity contribution in [3.05, 3.63) is 24.5 Å². The van der Waals surface area contributed by atoms with Crippen LogP contribution in [0.3, 0.4) is 0 Å². The molecule has 2 aromatic heterocycles. The fraction of sp³-hybridized carbons (Fsp3) is 0.455. The lowest BCUT2D eigenvalue weighted by Crippen LogP contribution is -2.35. The average molecular weight is 221 g/mol. The van der Waals surface area contributed by atoms with Crippen molar-refractivity contribution in [2.75, 3.05) is 0 Å². The highest BCUT2D eigenvalue weighted by atomic mass is 16.4. The van der Waals surface area contributed by atoms with Crippen LogP contribution in [0.25, 0.3) is 11.5 Å². The molecule has 0 saturated heterocycles. The molecule has 0 radical (unpaired) electrons. The van der Waals surface area contributed by atoms with Crippen molar-refractivity contribution in [3.8, 4) is 11.5 Å². The molecule has 0 spiro atoms. The van der Waals surface area contributed by atoms with Gasteiger partial charge in [0.2, 0.25) is 5.89 Å². The van der Waals surface area contributed by atoms with Crippen molar-refractivity contribution in [2.45, 2.75) is 32.9 Å². The Kier molecular flexibility index (Phi) is 2.78. The van der Waals surface area contributed by atoms with Crippen LogP contribution in [-0.4, -0.2) is 15.7 Å². The summed E-state index contributed by atoms with van der Waals surface area (Å²) in [7, 11) is 0. The molecule has 0 unspecified atom stereocenters. The number of nitrogens with one attached hydrogen (secondary N) is 1. The van der Waals surface area contributed by atoms with Gasteiger partial charge >= 0.3 is 0 Å². The van der Waals surface area contributed by atoms with Crippen LogP contribution in [0.5, 0.6) is 0 Å². The number of rotatable bonds is 3. The molecular weight excluding hydrogens is 206 g/mol. The third-order valence-corrected chi connectivity index (χ3v) is 2.00. The summed E-state index contributed by atoms with van der Waals surface area (Å²) in [5.41, 5.74) is 0.832. The second-order valence-electron chi connectivity index (χ2n) is 4.62. The molecule has 2 rings (SSSR count). The molecule has 2 heterocycles. The van der Waals surface area contributed by atoms with Gasteiger partial charge in [-0.15, -0.1) is 10.2 Å². The lowest BCUT2D eigenvalue weighted by molar-refractivity contribution is 0.383. The molecule has 0 fully saturated rings. The van der Waals surface area contributed by atoms with Gasteiger partial charge in [0.15, 0.2) is 0 Å². The molecule has 0 aliphatic heterocycles. The predicted octanol–water partition coefficient (Wildman–Crippen LogP) is 2.22. The summed E-state index contributed by atoms with van der Waals surface area (Å²) in [4.78, 5) is 0. The second kappa shape index (κ2) is 4.09. The zero-order valence-electron chi connectivity index (χ0n) is 9.65. The molecule has 0 saturated carbocycles. The van der Waals surface area contributed by atoms with Gasteiger partial charge in [0.1, 0.15) is 6.26 Å². The van der Waals surface area contributed by atoms with E-state index in [1.54, 1.807) is 18.6 Å². The Balaban J connectivity index is 2.03. The molecule has 0 amide bonds. The van der Waals surface area contributed by atoms with E-state index in [-0.39, 0.29) is 5.54 Å². The molecule has 16 heavy (non-hydrogen) atoms. The van der Waals surface area contributed by atoms with Crippen molar-refractivity contribution >= 4 is 0 Å². The Morgan fingerprint density at radius 1 is 1.31 bits per heavy atom. The third kappa shape index (κ3) is 2.70. The van der Waals surface area contributed by atoms with Crippen LogP contribution in [0.15, 0.2) is 27.4 Å². The van der Waals surface area contributed by atoms with Gasteiger partial charge in [0.25, 0.3) is 5.89 Å². The number of nitrogens with zero attached hydrogens (tertiary/aromatic N) is 2. The van der Waals surface area contributed by atoms with E-state index in [0.717, 1.165) is 5.56 Å². The summed E-state index contributed by atoms with van der Waals surface area (Å²) in [6.07, 6.45) is 3.15. The molecule has 0 aliphatic rings. The van der Waals surface area contributed by atoms with Crippen molar-refractivity contribution in [2.24, 2.45) is 0 Å². The Hall–Kier alpha value is -1.62. The lowest BCUT2D eigenvalue weighted by atomic mass is 10.1. The normalized spacial score (nSPS) is 11.9.